The molecule has 1 fully saturated rings. The third kappa shape index (κ3) is 1.07. The lowest BCUT2D eigenvalue weighted by molar-refractivity contribution is 0.212. The fourth-order valence-electron chi connectivity index (χ4n) is 1.61. The smallest absolute Gasteiger partial charge is 0.0794 e. The van der Waals surface area contributed by atoms with Gasteiger partial charge >= 0.3 is 0 Å². The van der Waals surface area contributed by atoms with Crippen LogP contribution < -0.4 is 5.73 Å². The number of nitrogens with zero attached hydrogens (tertiary/aromatic N) is 1. The second-order valence-electron chi connectivity index (χ2n) is 3.39. The fourth-order valence-corrected chi connectivity index (χ4v) is 2.48. The number of thiazole rings is 1. The van der Waals surface area contributed by atoms with Gasteiger partial charge in [0.05, 0.1) is 12.1 Å². The largest absolute Gasteiger partial charge is 0.396 e. The van der Waals surface area contributed by atoms with Crippen LogP contribution in [0.1, 0.15) is 17.2 Å². The summed E-state index contributed by atoms with van der Waals surface area (Å²) >= 11 is 1.65. The highest BCUT2D eigenvalue weighted by Crippen LogP contribution is 2.58. The molecule has 0 amide bonds. The molecule has 0 spiro atoms. The highest BCUT2D eigenvalue weighted by Gasteiger charge is 2.53. The maximum Gasteiger partial charge on any atom is 0.0794 e. The van der Waals surface area contributed by atoms with Crippen LogP contribution in [0.3, 0.4) is 0 Å². The van der Waals surface area contributed by atoms with Gasteiger partial charge in [-0.05, 0) is 6.42 Å². The predicted octanol–water partition coefficient (Wildman–Crippen LogP) is 0.568. The van der Waals surface area contributed by atoms with Crippen LogP contribution in [0.2, 0.25) is 0 Å². The summed E-state index contributed by atoms with van der Waals surface area (Å²) < 4.78 is 0. The number of hydrogen-bond acceptors (Lipinski definition) is 4. The molecule has 1 aromatic rings. The Hall–Kier alpha value is -0.450. The van der Waals surface area contributed by atoms with E-state index in [0.717, 1.165) is 6.42 Å². The van der Waals surface area contributed by atoms with E-state index in [0.29, 0.717) is 12.5 Å². The van der Waals surface area contributed by atoms with Crippen molar-refractivity contribution in [3.63, 3.8) is 0 Å². The molecule has 0 bridgehead atoms. The fraction of sp³-hybridized carbons (Fsp3) is 0.625. The molecule has 0 aromatic carbocycles. The zero-order valence-corrected chi connectivity index (χ0v) is 7.55. The lowest BCUT2D eigenvalue weighted by Gasteiger charge is -2.08. The molecule has 3 N–H and O–H groups in total. The number of aliphatic hydroxyl groups is 1. The minimum Gasteiger partial charge on any atom is -0.396 e. The summed E-state index contributed by atoms with van der Waals surface area (Å²) in [6.07, 6.45) is 2.89. The monoisotopic (exact) mass is 184 g/mol. The Morgan fingerprint density at radius 2 is 2.67 bits per heavy atom. The first kappa shape index (κ1) is 8.16. The normalized spacial score (nSPS) is 33.7. The van der Waals surface area contributed by atoms with Crippen LogP contribution in [-0.4, -0.2) is 23.2 Å². The van der Waals surface area contributed by atoms with E-state index in [4.69, 9.17) is 10.8 Å². The summed E-state index contributed by atoms with van der Waals surface area (Å²) in [4.78, 5) is 5.27. The van der Waals surface area contributed by atoms with E-state index in [1.807, 2.05) is 11.7 Å². The molecule has 1 heterocycles. The molecule has 0 radical (unpaired) electrons. The van der Waals surface area contributed by atoms with E-state index in [2.05, 4.69) is 4.98 Å². The van der Waals surface area contributed by atoms with Crippen LogP contribution >= 0.6 is 11.3 Å². The maximum absolute atomic E-state index is 9.13. The molecular formula is C8H12N2OS. The van der Waals surface area contributed by atoms with Crippen molar-refractivity contribution in [3.8, 4) is 0 Å². The third-order valence-corrected chi connectivity index (χ3v) is 3.60. The Morgan fingerprint density at radius 3 is 3.08 bits per heavy atom. The van der Waals surface area contributed by atoms with Crippen molar-refractivity contribution >= 4 is 11.3 Å². The number of aromatic nitrogens is 1. The molecule has 2 unspecified atom stereocenters. The second-order valence-corrected chi connectivity index (χ2v) is 4.30. The average molecular weight is 184 g/mol. The SMILES string of the molecule is NCC1(CO)CC1c1cncs1. The molecule has 12 heavy (non-hydrogen) atoms. The predicted molar refractivity (Wildman–Crippen MR) is 48.0 cm³/mol. The third-order valence-electron chi connectivity index (χ3n) is 2.71. The molecule has 2 atom stereocenters. The number of hydrogen-bond donors (Lipinski definition) is 2. The van der Waals surface area contributed by atoms with Gasteiger partial charge in [0.1, 0.15) is 0 Å². The average Bonchev–Trinajstić information content (AvgIpc) is 2.59. The zero-order chi connectivity index (χ0) is 8.60. The lowest BCUT2D eigenvalue weighted by atomic mass is 10.1. The highest BCUT2D eigenvalue weighted by atomic mass is 32.1. The quantitative estimate of drug-likeness (QED) is 0.722. The first-order valence-corrected chi connectivity index (χ1v) is 4.90. The van der Waals surface area contributed by atoms with Gasteiger partial charge in [-0.25, -0.2) is 0 Å². The van der Waals surface area contributed by atoms with Crippen LogP contribution in [0.15, 0.2) is 11.7 Å². The van der Waals surface area contributed by atoms with Crippen molar-refractivity contribution < 1.29 is 5.11 Å². The summed E-state index contributed by atoms with van der Waals surface area (Å²) in [7, 11) is 0. The Kier molecular flexibility index (Phi) is 1.90. The van der Waals surface area contributed by atoms with Crippen molar-refractivity contribution in [1.82, 2.24) is 4.98 Å². The molecule has 1 aliphatic carbocycles. The molecule has 3 nitrogen and oxygen atoms in total. The van der Waals surface area contributed by atoms with Crippen LogP contribution in [0.4, 0.5) is 0 Å². The van der Waals surface area contributed by atoms with Crippen molar-refractivity contribution in [2.45, 2.75) is 12.3 Å². The van der Waals surface area contributed by atoms with Crippen molar-refractivity contribution in [3.05, 3.63) is 16.6 Å². The standard InChI is InChI=1S/C8H12N2OS/c9-3-8(4-11)1-6(8)7-2-10-5-12-7/h2,5-6,11H,1,3-4,9H2. The van der Waals surface area contributed by atoms with Crippen LogP contribution in [0, 0.1) is 5.41 Å². The van der Waals surface area contributed by atoms with Crippen molar-refractivity contribution in [2.75, 3.05) is 13.2 Å². The van der Waals surface area contributed by atoms with Crippen molar-refractivity contribution in [1.29, 1.82) is 0 Å². The van der Waals surface area contributed by atoms with E-state index in [1.54, 1.807) is 11.3 Å². The molecule has 4 heteroatoms. The van der Waals surface area contributed by atoms with Gasteiger partial charge in [0, 0.05) is 29.0 Å². The van der Waals surface area contributed by atoms with Gasteiger partial charge in [-0.15, -0.1) is 11.3 Å². The molecule has 0 saturated heterocycles. The minimum absolute atomic E-state index is 0.0213. The number of aliphatic hydroxyl groups excluding tert-OH is 1. The van der Waals surface area contributed by atoms with Gasteiger partial charge < -0.3 is 10.8 Å². The highest BCUT2D eigenvalue weighted by molar-refractivity contribution is 7.09. The molecule has 1 aliphatic rings. The molecule has 1 saturated carbocycles. The van der Waals surface area contributed by atoms with E-state index < -0.39 is 0 Å². The molecule has 0 aliphatic heterocycles. The summed E-state index contributed by atoms with van der Waals surface area (Å²) in [5.41, 5.74) is 7.40. The summed E-state index contributed by atoms with van der Waals surface area (Å²) in [5, 5.41) is 9.13. The first-order valence-electron chi connectivity index (χ1n) is 4.02. The molecule has 1 aromatic heterocycles. The van der Waals surface area contributed by atoms with Crippen molar-refractivity contribution in [2.24, 2.45) is 11.1 Å². The van der Waals surface area contributed by atoms with Crippen LogP contribution in [-0.2, 0) is 0 Å². The van der Waals surface area contributed by atoms with E-state index in [9.17, 15) is 0 Å². The minimum atomic E-state index is -0.0213. The van der Waals surface area contributed by atoms with Gasteiger partial charge in [-0.2, -0.15) is 0 Å². The van der Waals surface area contributed by atoms with E-state index >= 15 is 0 Å². The first-order chi connectivity index (χ1) is 5.82. The maximum atomic E-state index is 9.13. The Balaban J connectivity index is 2.12. The summed E-state index contributed by atoms with van der Waals surface area (Å²) in [5.74, 6) is 0.458. The summed E-state index contributed by atoms with van der Waals surface area (Å²) in [6, 6.07) is 0. The topological polar surface area (TPSA) is 59.1 Å². The second kappa shape index (κ2) is 2.80. The molecule has 66 valence electrons. The Bertz CT molecular complexity index is 256. The number of rotatable bonds is 3. The van der Waals surface area contributed by atoms with Gasteiger partial charge in [-0.3, -0.25) is 4.98 Å². The van der Waals surface area contributed by atoms with Crippen LogP contribution in [0.25, 0.3) is 0 Å². The van der Waals surface area contributed by atoms with Gasteiger partial charge in [0.2, 0.25) is 0 Å². The Labute approximate surface area is 75.2 Å². The lowest BCUT2D eigenvalue weighted by Crippen LogP contribution is -2.21. The Morgan fingerprint density at radius 1 is 1.83 bits per heavy atom. The van der Waals surface area contributed by atoms with Gasteiger partial charge in [-0.1, -0.05) is 0 Å². The van der Waals surface area contributed by atoms with Gasteiger partial charge in [0.15, 0.2) is 0 Å². The summed E-state index contributed by atoms with van der Waals surface area (Å²) in [6.45, 7) is 0.776. The van der Waals surface area contributed by atoms with Gasteiger partial charge in [0.25, 0.3) is 0 Å². The number of nitrogens with two attached hydrogens (primary N) is 1. The molecule has 2 rings (SSSR count). The van der Waals surface area contributed by atoms with E-state index in [-0.39, 0.29) is 12.0 Å². The van der Waals surface area contributed by atoms with E-state index in [1.165, 1.54) is 4.88 Å². The molecular weight excluding hydrogens is 172 g/mol. The zero-order valence-electron chi connectivity index (χ0n) is 6.73. The van der Waals surface area contributed by atoms with Crippen LogP contribution in [0.5, 0.6) is 0 Å².